The molecule has 0 saturated heterocycles. The molecule has 4 aromatic rings. The lowest BCUT2D eigenvalue weighted by molar-refractivity contribution is 0.429. The van der Waals surface area contributed by atoms with Gasteiger partial charge in [0, 0.05) is 11.6 Å². The normalized spacial score (nSPS) is 11.0. The third-order valence-corrected chi connectivity index (χ3v) is 4.37. The summed E-state index contributed by atoms with van der Waals surface area (Å²) < 4.78 is 33.2. The zero-order chi connectivity index (χ0) is 17.4. The SMILES string of the molecule is Oc1cccc(-c2nc(Oc3ccc(F)cc3F)c3sccc3n2)c1. The lowest BCUT2D eigenvalue weighted by atomic mass is 10.2. The van der Waals surface area contributed by atoms with Gasteiger partial charge in [-0.05, 0) is 35.7 Å². The van der Waals surface area contributed by atoms with Crippen molar-refractivity contribution in [3.63, 3.8) is 0 Å². The first-order valence-electron chi connectivity index (χ1n) is 7.28. The summed E-state index contributed by atoms with van der Waals surface area (Å²) in [7, 11) is 0. The first-order valence-corrected chi connectivity index (χ1v) is 8.16. The highest BCUT2D eigenvalue weighted by atomic mass is 32.1. The Morgan fingerprint density at radius 1 is 1.00 bits per heavy atom. The van der Waals surface area contributed by atoms with Gasteiger partial charge in [0.2, 0.25) is 5.88 Å². The minimum absolute atomic E-state index is 0.0820. The van der Waals surface area contributed by atoms with Gasteiger partial charge in [0.15, 0.2) is 17.4 Å². The number of ether oxygens (including phenoxy) is 1. The Balaban J connectivity index is 1.83. The number of phenolic OH excluding ortho intramolecular Hbond substituents is 1. The smallest absolute Gasteiger partial charge is 0.241 e. The molecule has 25 heavy (non-hydrogen) atoms. The van der Waals surface area contributed by atoms with E-state index in [9.17, 15) is 13.9 Å². The van der Waals surface area contributed by atoms with E-state index < -0.39 is 11.6 Å². The predicted molar refractivity (Wildman–Crippen MR) is 90.9 cm³/mol. The van der Waals surface area contributed by atoms with E-state index in [0.717, 1.165) is 12.1 Å². The van der Waals surface area contributed by atoms with E-state index in [-0.39, 0.29) is 17.4 Å². The average Bonchev–Trinajstić information content (AvgIpc) is 3.06. The minimum Gasteiger partial charge on any atom is -0.508 e. The molecule has 4 rings (SSSR count). The van der Waals surface area contributed by atoms with E-state index in [1.807, 2.05) is 5.38 Å². The van der Waals surface area contributed by atoms with Gasteiger partial charge in [-0.15, -0.1) is 11.3 Å². The molecule has 0 spiro atoms. The summed E-state index contributed by atoms with van der Waals surface area (Å²) in [5.74, 6) is -1.05. The van der Waals surface area contributed by atoms with Crippen LogP contribution in [0.5, 0.6) is 17.4 Å². The van der Waals surface area contributed by atoms with Crippen LogP contribution in [0.25, 0.3) is 21.6 Å². The Morgan fingerprint density at radius 3 is 2.68 bits per heavy atom. The van der Waals surface area contributed by atoms with Gasteiger partial charge in [-0.2, -0.15) is 4.98 Å². The maximum Gasteiger partial charge on any atom is 0.241 e. The summed E-state index contributed by atoms with van der Waals surface area (Å²) in [5.41, 5.74) is 1.23. The van der Waals surface area contributed by atoms with Crippen molar-refractivity contribution in [3.05, 3.63) is 65.5 Å². The van der Waals surface area contributed by atoms with Crippen LogP contribution >= 0.6 is 11.3 Å². The van der Waals surface area contributed by atoms with E-state index in [4.69, 9.17) is 4.74 Å². The minimum atomic E-state index is -0.817. The number of phenols is 1. The molecule has 0 aliphatic rings. The molecule has 0 aliphatic heterocycles. The number of benzene rings is 2. The Labute approximate surface area is 145 Å². The van der Waals surface area contributed by atoms with Crippen LogP contribution in [0.1, 0.15) is 0 Å². The van der Waals surface area contributed by atoms with Crippen LogP contribution in [-0.2, 0) is 0 Å². The number of halogens is 2. The van der Waals surface area contributed by atoms with Gasteiger partial charge < -0.3 is 9.84 Å². The van der Waals surface area contributed by atoms with Crippen LogP contribution in [0.15, 0.2) is 53.9 Å². The number of fused-ring (bicyclic) bond motifs is 1. The maximum atomic E-state index is 13.9. The number of rotatable bonds is 3. The van der Waals surface area contributed by atoms with Crippen molar-refractivity contribution in [3.8, 4) is 28.8 Å². The van der Waals surface area contributed by atoms with Gasteiger partial charge in [-0.25, -0.2) is 13.8 Å². The molecule has 2 aromatic heterocycles. The second kappa shape index (κ2) is 6.10. The molecular formula is C18H10F2N2O2S. The van der Waals surface area contributed by atoms with Gasteiger partial charge in [0.05, 0.1) is 5.52 Å². The number of thiophene rings is 1. The van der Waals surface area contributed by atoms with Gasteiger partial charge >= 0.3 is 0 Å². The number of hydrogen-bond acceptors (Lipinski definition) is 5. The molecule has 4 nitrogen and oxygen atoms in total. The summed E-state index contributed by atoms with van der Waals surface area (Å²) in [6.07, 6.45) is 0. The van der Waals surface area contributed by atoms with Crippen molar-refractivity contribution >= 4 is 21.6 Å². The zero-order valence-corrected chi connectivity index (χ0v) is 13.4. The molecular weight excluding hydrogens is 346 g/mol. The third kappa shape index (κ3) is 3.01. The third-order valence-electron chi connectivity index (χ3n) is 3.48. The summed E-state index contributed by atoms with van der Waals surface area (Å²) in [5, 5.41) is 11.5. The average molecular weight is 356 g/mol. The van der Waals surface area contributed by atoms with Crippen LogP contribution in [0.3, 0.4) is 0 Å². The molecule has 0 unspecified atom stereocenters. The quantitative estimate of drug-likeness (QED) is 0.553. The molecule has 0 atom stereocenters. The van der Waals surface area contributed by atoms with Crippen molar-refractivity contribution in [2.45, 2.75) is 0 Å². The molecule has 0 saturated carbocycles. The first-order chi connectivity index (χ1) is 12.1. The molecule has 7 heteroatoms. The van der Waals surface area contributed by atoms with Crippen molar-refractivity contribution in [1.82, 2.24) is 9.97 Å². The van der Waals surface area contributed by atoms with E-state index in [1.165, 1.54) is 29.5 Å². The van der Waals surface area contributed by atoms with Gasteiger partial charge in [0.25, 0.3) is 0 Å². The largest absolute Gasteiger partial charge is 0.508 e. The lowest BCUT2D eigenvalue weighted by Crippen LogP contribution is -1.96. The molecule has 0 radical (unpaired) electrons. The summed E-state index contributed by atoms with van der Waals surface area (Å²) in [4.78, 5) is 8.79. The van der Waals surface area contributed by atoms with Crippen molar-refractivity contribution < 1.29 is 18.6 Å². The molecule has 0 bridgehead atoms. The molecule has 0 fully saturated rings. The highest BCUT2D eigenvalue weighted by molar-refractivity contribution is 7.17. The van der Waals surface area contributed by atoms with Crippen molar-refractivity contribution in [2.75, 3.05) is 0 Å². The topological polar surface area (TPSA) is 55.2 Å². The second-order valence-corrected chi connectivity index (χ2v) is 6.13. The molecule has 124 valence electrons. The second-order valence-electron chi connectivity index (χ2n) is 5.21. The van der Waals surface area contributed by atoms with Crippen LogP contribution in [0.2, 0.25) is 0 Å². The first kappa shape index (κ1) is 15.5. The number of aromatic nitrogens is 2. The van der Waals surface area contributed by atoms with Crippen LogP contribution in [0, 0.1) is 11.6 Å². The van der Waals surface area contributed by atoms with Gasteiger partial charge in [-0.3, -0.25) is 0 Å². The standard InChI is InChI=1S/C18H10F2N2O2S/c19-11-4-5-15(13(20)9-11)24-18-16-14(6-7-25-16)21-17(22-18)10-2-1-3-12(23)8-10/h1-9,23H. The maximum absolute atomic E-state index is 13.9. The van der Waals surface area contributed by atoms with Crippen LogP contribution in [-0.4, -0.2) is 15.1 Å². The summed E-state index contributed by atoms with van der Waals surface area (Å²) in [6.45, 7) is 0. The van der Waals surface area contributed by atoms with Crippen molar-refractivity contribution in [1.29, 1.82) is 0 Å². The molecule has 0 aliphatic carbocycles. The highest BCUT2D eigenvalue weighted by Crippen LogP contribution is 2.34. The van der Waals surface area contributed by atoms with E-state index in [2.05, 4.69) is 9.97 Å². The molecule has 0 amide bonds. The Hall–Kier alpha value is -3.06. The van der Waals surface area contributed by atoms with E-state index in [0.29, 0.717) is 21.6 Å². The van der Waals surface area contributed by atoms with Crippen LogP contribution in [0.4, 0.5) is 8.78 Å². The highest BCUT2D eigenvalue weighted by Gasteiger charge is 2.15. The monoisotopic (exact) mass is 356 g/mol. The molecule has 2 aromatic carbocycles. The summed E-state index contributed by atoms with van der Waals surface area (Å²) >= 11 is 1.35. The fourth-order valence-electron chi connectivity index (χ4n) is 2.34. The predicted octanol–water partition coefficient (Wildman–Crippen LogP) is 5.13. The Morgan fingerprint density at radius 2 is 1.88 bits per heavy atom. The fourth-order valence-corrected chi connectivity index (χ4v) is 3.10. The zero-order valence-electron chi connectivity index (χ0n) is 12.6. The molecule has 2 heterocycles. The number of hydrogen-bond donors (Lipinski definition) is 1. The fraction of sp³-hybridized carbons (Fsp3) is 0. The van der Waals surface area contributed by atoms with Gasteiger partial charge in [0.1, 0.15) is 16.3 Å². The van der Waals surface area contributed by atoms with Crippen molar-refractivity contribution in [2.24, 2.45) is 0 Å². The number of aromatic hydroxyl groups is 1. The Bertz CT molecular complexity index is 1080. The Kier molecular flexibility index (Phi) is 3.77. The van der Waals surface area contributed by atoms with E-state index >= 15 is 0 Å². The summed E-state index contributed by atoms with van der Waals surface area (Å²) in [6, 6.07) is 11.3. The van der Waals surface area contributed by atoms with Crippen LogP contribution < -0.4 is 4.74 Å². The molecule has 1 N–H and O–H groups in total. The van der Waals surface area contributed by atoms with Gasteiger partial charge in [-0.1, -0.05) is 12.1 Å². The lowest BCUT2D eigenvalue weighted by Gasteiger charge is -2.09. The number of nitrogens with zero attached hydrogens (tertiary/aromatic N) is 2. The van der Waals surface area contributed by atoms with E-state index in [1.54, 1.807) is 18.2 Å².